The minimum Gasteiger partial charge on any atom is -0.486 e. The third-order valence-corrected chi connectivity index (χ3v) is 3.89. The van der Waals surface area contributed by atoms with E-state index in [0.717, 1.165) is 5.69 Å². The molecule has 2 N–H and O–H groups in total. The molecule has 0 fully saturated rings. The molecule has 28 heavy (non-hydrogen) atoms. The Kier molecular flexibility index (Phi) is 4.92. The fourth-order valence-electron chi connectivity index (χ4n) is 2.61. The molecule has 2 heterocycles. The SMILES string of the molecule is Cc1ccc(Oc2cccc(NC(=O)Nc3ccc4c(c3)OCCO4)c2)nn1. The largest absolute Gasteiger partial charge is 0.486 e. The predicted octanol–water partition coefficient (Wildman–Crippen LogP) is 3.99. The van der Waals surface area contributed by atoms with Gasteiger partial charge in [-0.3, -0.25) is 0 Å². The minimum absolute atomic E-state index is 0.378. The number of fused-ring (bicyclic) bond motifs is 1. The Morgan fingerprint density at radius 3 is 2.50 bits per heavy atom. The average Bonchev–Trinajstić information content (AvgIpc) is 2.70. The molecule has 1 aromatic heterocycles. The van der Waals surface area contributed by atoms with Crippen molar-refractivity contribution in [1.29, 1.82) is 0 Å². The Bertz CT molecular complexity index is 992. The van der Waals surface area contributed by atoms with Gasteiger partial charge in [0.15, 0.2) is 11.5 Å². The first kappa shape index (κ1) is 17.6. The number of aromatic nitrogens is 2. The van der Waals surface area contributed by atoms with Crippen LogP contribution < -0.4 is 24.8 Å². The molecule has 0 bridgehead atoms. The predicted molar refractivity (Wildman–Crippen MR) is 103 cm³/mol. The highest BCUT2D eigenvalue weighted by atomic mass is 16.6. The van der Waals surface area contributed by atoms with E-state index in [1.165, 1.54) is 0 Å². The molecule has 4 rings (SSSR count). The number of hydrogen-bond acceptors (Lipinski definition) is 6. The topological polar surface area (TPSA) is 94.6 Å². The Morgan fingerprint density at radius 1 is 0.929 bits per heavy atom. The Hall–Kier alpha value is -3.81. The van der Waals surface area contributed by atoms with Crippen LogP contribution in [0.5, 0.6) is 23.1 Å². The van der Waals surface area contributed by atoms with Crippen molar-refractivity contribution in [3.8, 4) is 23.1 Å². The second-order valence-electron chi connectivity index (χ2n) is 6.08. The van der Waals surface area contributed by atoms with Crippen molar-refractivity contribution in [2.45, 2.75) is 6.92 Å². The van der Waals surface area contributed by atoms with Gasteiger partial charge in [0.2, 0.25) is 5.88 Å². The summed E-state index contributed by atoms with van der Waals surface area (Å²) in [5.74, 6) is 2.19. The van der Waals surface area contributed by atoms with Gasteiger partial charge in [-0.25, -0.2) is 4.79 Å². The molecule has 0 saturated heterocycles. The lowest BCUT2D eigenvalue weighted by atomic mass is 10.2. The van der Waals surface area contributed by atoms with Crippen LogP contribution in [-0.2, 0) is 0 Å². The molecule has 8 heteroatoms. The summed E-state index contributed by atoms with van der Waals surface area (Å²) in [4.78, 5) is 12.3. The van der Waals surface area contributed by atoms with E-state index in [4.69, 9.17) is 14.2 Å². The smallest absolute Gasteiger partial charge is 0.323 e. The highest BCUT2D eigenvalue weighted by molar-refractivity contribution is 6.00. The second kappa shape index (κ2) is 7.83. The zero-order valence-electron chi connectivity index (χ0n) is 15.1. The monoisotopic (exact) mass is 378 g/mol. The van der Waals surface area contributed by atoms with Crippen LogP contribution in [0.4, 0.5) is 16.2 Å². The Balaban J connectivity index is 1.39. The van der Waals surface area contributed by atoms with Crippen LogP contribution in [0, 0.1) is 6.92 Å². The maximum atomic E-state index is 12.3. The van der Waals surface area contributed by atoms with Crippen molar-refractivity contribution in [2.75, 3.05) is 23.8 Å². The number of anilines is 2. The normalized spacial score (nSPS) is 12.2. The number of carbonyl (C=O) groups is 1. The summed E-state index contributed by atoms with van der Waals surface area (Å²) in [5.41, 5.74) is 1.98. The van der Waals surface area contributed by atoms with E-state index in [2.05, 4.69) is 20.8 Å². The van der Waals surface area contributed by atoms with Crippen molar-refractivity contribution >= 4 is 17.4 Å². The second-order valence-corrected chi connectivity index (χ2v) is 6.08. The molecular formula is C20H18N4O4. The number of urea groups is 1. The molecule has 0 saturated carbocycles. The average molecular weight is 378 g/mol. The molecular weight excluding hydrogens is 360 g/mol. The molecule has 8 nitrogen and oxygen atoms in total. The van der Waals surface area contributed by atoms with Crippen molar-refractivity contribution < 1.29 is 19.0 Å². The van der Waals surface area contributed by atoms with E-state index in [1.54, 1.807) is 48.5 Å². The highest BCUT2D eigenvalue weighted by Gasteiger charge is 2.13. The summed E-state index contributed by atoms with van der Waals surface area (Å²) in [6, 6.07) is 15.4. The van der Waals surface area contributed by atoms with Gasteiger partial charge in [-0.1, -0.05) is 6.07 Å². The van der Waals surface area contributed by atoms with Gasteiger partial charge in [0.1, 0.15) is 19.0 Å². The molecule has 0 aliphatic carbocycles. The number of hydrogen-bond donors (Lipinski definition) is 2. The Morgan fingerprint density at radius 2 is 1.71 bits per heavy atom. The molecule has 0 spiro atoms. The van der Waals surface area contributed by atoms with Crippen molar-refractivity contribution in [1.82, 2.24) is 10.2 Å². The first-order valence-corrected chi connectivity index (χ1v) is 8.72. The van der Waals surface area contributed by atoms with Crippen LogP contribution in [0.2, 0.25) is 0 Å². The molecule has 2 amide bonds. The standard InChI is InChI=1S/C20H18N4O4/c1-13-5-8-19(24-23-13)28-16-4-2-3-14(11-16)21-20(25)22-15-6-7-17-18(12-15)27-10-9-26-17/h2-8,11-12H,9-10H2,1H3,(H2,21,22,25). The fraction of sp³-hybridized carbons (Fsp3) is 0.150. The summed E-state index contributed by atoms with van der Waals surface area (Å²) in [7, 11) is 0. The van der Waals surface area contributed by atoms with Crippen LogP contribution in [-0.4, -0.2) is 29.4 Å². The number of benzene rings is 2. The minimum atomic E-state index is -0.385. The van der Waals surface area contributed by atoms with Gasteiger partial charge in [0.25, 0.3) is 0 Å². The maximum Gasteiger partial charge on any atom is 0.323 e. The third kappa shape index (κ3) is 4.29. The maximum absolute atomic E-state index is 12.3. The number of carbonyl (C=O) groups excluding carboxylic acids is 1. The van der Waals surface area contributed by atoms with Gasteiger partial charge in [-0.15, -0.1) is 5.10 Å². The quantitative estimate of drug-likeness (QED) is 0.713. The van der Waals surface area contributed by atoms with Crippen LogP contribution in [0.25, 0.3) is 0 Å². The number of rotatable bonds is 4. The lowest BCUT2D eigenvalue weighted by Gasteiger charge is -2.19. The highest BCUT2D eigenvalue weighted by Crippen LogP contribution is 2.32. The number of amides is 2. The number of aryl methyl sites for hydroxylation is 1. The van der Waals surface area contributed by atoms with Crippen molar-refractivity contribution in [2.24, 2.45) is 0 Å². The van der Waals surface area contributed by atoms with Crippen molar-refractivity contribution in [3.63, 3.8) is 0 Å². The fourth-order valence-corrected chi connectivity index (χ4v) is 2.61. The molecule has 3 aromatic rings. The van der Waals surface area contributed by atoms with E-state index in [-0.39, 0.29) is 6.03 Å². The summed E-state index contributed by atoms with van der Waals surface area (Å²) in [6.45, 7) is 2.86. The van der Waals surface area contributed by atoms with Gasteiger partial charge in [-0.2, -0.15) is 5.10 Å². The molecule has 1 aliphatic heterocycles. The first-order chi connectivity index (χ1) is 13.7. The van der Waals surface area contributed by atoms with Crippen LogP contribution >= 0.6 is 0 Å². The van der Waals surface area contributed by atoms with Crippen LogP contribution in [0.1, 0.15) is 5.69 Å². The lowest BCUT2D eigenvalue weighted by molar-refractivity contribution is 0.171. The van der Waals surface area contributed by atoms with Gasteiger partial charge < -0.3 is 24.8 Å². The number of nitrogens with zero attached hydrogens (tertiary/aromatic N) is 2. The molecule has 0 unspecified atom stereocenters. The molecule has 1 aliphatic rings. The summed E-state index contributed by atoms with van der Waals surface area (Å²) in [6.07, 6.45) is 0. The zero-order valence-corrected chi connectivity index (χ0v) is 15.1. The van der Waals surface area contributed by atoms with Gasteiger partial charge in [0.05, 0.1) is 5.69 Å². The lowest BCUT2D eigenvalue weighted by Crippen LogP contribution is -2.20. The van der Waals surface area contributed by atoms with Gasteiger partial charge >= 0.3 is 6.03 Å². The number of nitrogens with one attached hydrogen (secondary N) is 2. The zero-order chi connectivity index (χ0) is 19.3. The first-order valence-electron chi connectivity index (χ1n) is 8.72. The third-order valence-electron chi connectivity index (χ3n) is 3.89. The van der Waals surface area contributed by atoms with E-state index >= 15 is 0 Å². The van der Waals surface area contributed by atoms with E-state index < -0.39 is 0 Å². The van der Waals surface area contributed by atoms with Gasteiger partial charge in [-0.05, 0) is 37.3 Å². The van der Waals surface area contributed by atoms with E-state index in [1.807, 2.05) is 13.0 Å². The molecule has 0 radical (unpaired) electrons. The Labute approximate surface area is 161 Å². The summed E-state index contributed by atoms with van der Waals surface area (Å²) < 4.78 is 16.7. The number of ether oxygens (including phenoxy) is 3. The molecule has 0 atom stereocenters. The van der Waals surface area contributed by atoms with E-state index in [0.29, 0.717) is 47.7 Å². The summed E-state index contributed by atoms with van der Waals surface area (Å²) >= 11 is 0. The molecule has 142 valence electrons. The van der Waals surface area contributed by atoms with Crippen LogP contribution in [0.15, 0.2) is 54.6 Å². The molecule has 2 aromatic carbocycles. The van der Waals surface area contributed by atoms with Crippen molar-refractivity contribution in [3.05, 3.63) is 60.3 Å². The summed E-state index contributed by atoms with van der Waals surface area (Å²) in [5, 5.41) is 13.4. The van der Waals surface area contributed by atoms with E-state index in [9.17, 15) is 4.79 Å². The van der Waals surface area contributed by atoms with Gasteiger partial charge in [0, 0.05) is 29.6 Å². The van der Waals surface area contributed by atoms with Crippen LogP contribution in [0.3, 0.4) is 0 Å².